The van der Waals surface area contributed by atoms with Crippen molar-refractivity contribution in [2.45, 2.75) is 18.9 Å². The van der Waals surface area contributed by atoms with Gasteiger partial charge in [0.05, 0.1) is 9.35 Å². The number of rotatable bonds is 2. The third kappa shape index (κ3) is 3.23. The highest BCUT2D eigenvalue weighted by Crippen LogP contribution is 2.21. The number of thioether (sulfide) groups is 1. The van der Waals surface area contributed by atoms with Gasteiger partial charge in [-0.05, 0) is 40.6 Å². The molecule has 1 amide bonds. The van der Waals surface area contributed by atoms with E-state index in [1.165, 1.54) is 12.2 Å². The molecule has 15 heavy (non-hydrogen) atoms. The first-order valence-electron chi connectivity index (χ1n) is 4.88. The third-order valence-electron chi connectivity index (χ3n) is 2.33. The van der Waals surface area contributed by atoms with Crippen molar-refractivity contribution in [1.29, 1.82) is 0 Å². The van der Waals surface area contributed by atoms with Crippen LogP contribution in [0.3, 0.4) is 0 Å². The molecular weight excluding hydrogens is 294 g/mol. The molecule has 2 nitrogen and oxygen atoms in total. The molecule has 2 heterocycles. The van der Waals surface area contributed by atoms with E-state index in [1.807, 2.05) is 23.2 Å². The van der Waals surface area contributed by atoms with Crippen molar-refractivity contribution in [2.75, 3.05) is 11.5 Å². The van der Waals surface area contributed by atoms with Crippen molar-refractivity contribution in [3.05, 3.63) is 20.8 Å². The molecule has 1 N–H and O–H groups in total. The normalized spacial score (nSPS) is 21.3. The summed E-state index contributed by atoms with van der Waals surface area (Å²) >= 11 is 6.83. The maximum Gasteiger partial charge on any atom is 0.252 e. The van der Waals surface area contributed by atoms with Crippen molar-refractivity contribution in [1.82, 2.24) is 5.32 Å². The van der Waals surface area contributed by atoms with Crippen LogP contribution in [0.2, 0.25) is 0 Å². The van der Waals surface area contributed by atoms with Crippen molar-refractivity contribution in [3.8, 4) is 0 Å². The molecule has 5 heteroatoms. The van der Waals surface area contributed by atoms with Gasteiger partial charge in [0.15, 0.2) is 0 Å². The molecule has 0 spiro atoms. The van der Waals surface area contributed by atoms with Gasteiger partial charge in [-0.25, -0.2) is 0 Å². The van der Waals surface area contributed by atoms with Crippen LogP contribution in [0.5, 0.6) is 0 Å². The highest BCUT2D eigenvalue weighted by atomic mass is 79.9. The molecule has 0 radical (unpaired) electrons. The van der Waals surface area contributed by atoms with Gasteiger partial charge in [0, 0.05) is 17.2 Å². The van der Waals surface area contributed by atoms with E-state index in [1.54, 1.807) is 11.3 Å². The van der Waals surface area contributed by atoms with Gasteiger partial charge < -0.3 is 5.32 Å². The second-order valence-corrected chi connectivity index (χ2v) is 6.97. The van der Waals surface area contributed by atoms with E-state index < -0.39 is 0 Å². The topological polar surface area (TPSA) is 29.1 Å². The molecule has 1 aromatic heterocycles. The average Bonchev–Trinajstić information content (AvgIpc) is 2.66. The SMILES string of the molecule is O=C(NC1CCCSC1)c1csc(Br)c1. The van der Waals surface area contributed by atoms with Crippen LogP contribution in [0.15, 0.2) is 15.2 Å². The van der Waals surface area contributed by atoms with Crippen LogP contribution in [0.25, 0.3) is 0 Å². The molecule has 0 aromatic carbocycles. The van der Waals surface area contributed by atoms with E-state index in [0.717, 1.165) is 21.5 Å². The first-order chi connectivity index (χ1) is 7.25. The summed E-state index contributed by atoms with van der Waals surface area (Å²) in [5.41, 5.74) is 0.766. The summed E-state index contributed by atoms with van der Waals surface area (Å²) in [4.78, 5) is 11.8. The Kier molecular flexibility index (Phi) is 4.11. The van der Waals surface area contributed by atoms with Crippen LogP contribution in [0.1, 0.15) is 23.2 Å². The zero-order valence-corrected chi connectivity index (χ0v) is 11.4. The smallest absolute Gasteiger partial charge is 0.252 e. The third-order valence-corrected chi connectivity index (χ3v) is 5.05. The Morgan fingerprint density at radius 3 is 3.07 bits per heavy atom. The van der Waals surface area contributed by atoms with Gasteiger partial charge in [0.25, 0.3) is 5.91 Å². The molecule has 1 aliphatic rings. The molecule has 0 bridgehead atoms. The standard InChI is InChI=1S/C10H12BrNOS2/c11-9-4-7(5-15-9)10(13)12-8-2-1-3-14-6-8/h4-5,8H,1-3,6H2,(H,12,13). The van der Waals surface area contributed by atoms with E-state index >= 15 is 0 Å². The van der Waals surface area contributed by atoms with Crippen LogP contribution in [0.4, 0.5) is 0 Å². The Bertz CT molecular complexity index is 347. The zero-order chi connectivity index (χ0) is 10.7. The minimum atomic E-state index is 0.0597. The number of halogens is 1. The Morgan fingerprint density at radius 1 is 1.60 bits per heavy atom. The lowest BCUT2D eigenvalue weighted by Crippen LogP contribution is -2.38. The Hall–Kier alpha value is -0.000000000000000111. The molecule has 1 aliphatic heterocycles. The maximum atomic E-state index is 11.8. The molecule has 1 unspecified atom stereocenters. The lowest BCUT2D eigenvalue weighted by molar-refractivity contribution is 0.0939. The van der Waals surface area contributed by atoms with Gasteiger partial charge in [-0.15, -0.1) is 11.3 Å². The molecule has 1 saturated heterocycles. The number of nitrogens with one attached hydrogen (secondary N) is 1. The Balaban J connectivity index is 1.91. The molecule has 82 valence electrons. The Morgan fingerprint density at radius 2 is 2.47 bits per heavy atom. The van der Waals surface area contributed by atoms with E-state index in [-0.39, 0.29) is 5.91 Å². The summed E-state index contributed by atoms with van der Waals surface area (Å²) in [6.07, 6.45) is 2.33. The fourth-order valence-corrected chi connectivity index (χ4v) is 3.76. The van der Waals surface area contributed by atoms with Crippen molar-refractivity contribution in [2.24, 2.45) is 0 Å². The lowest BCUT2D eigenvalue weighted by atomic mass is 10.2. The summed E-state index contributed by atoms with van der Waals surface area (Å²) in [5, 5.41) is 4.96. The monoisotopic (exact) mass is 305 g/mol. The molecule has 1 aromatic rings. The summed E-state index contributed by atoms with van der Waals surface area (Å²) in [7, 11) is 0. The zero-order valence-electron chi connectivity index (χ0n) is 8.16. The van der Waals surface area contributed by atoms with E-state index in [0.29, 0.717) is 6.04 Å². The number of amides is 1. The van der Waals surface area contributed by atoms with Crippen molar-refractivity contribution in [3.63, 3.8) is 0 Å². The fraction of sp³-hybridized carbons (Fsp3) is 0.500. The number of hydrogen-bond donors (Lipinski definition) is 1. The molecular formula is C10H12BrNOS2. The van der Waals surface area contributed by atoms with Gasteiger partial charge >= 0.3 is 0 Å². The maximum absolute atomic E-state index is 11.8. The number of carbonyl (C=O) groups excluding carboxylic acids is 1. The van der Waals surface area contributed by atoms with Crippen molar-refractivity contribution < 1.29 is 4.79 Å². The molecule has 1 atom stereocenters. The quantitative estimate of drug-likeness (QED) is 0.909. The summed E-state index contributed by atoms with van der Waals surface area (Å²) < 4.78 is 1.01. The van der Waals surface area contributed by atoms with E-state index in [9.17, 15) is 4.79 Å². The first kappa shape index (κ1) is 11.5. The summed E-state index contributed by atoms with van der Waals surface area (Å²) in [6.45, 7) is 0. The molecule has 1 fully saturated rings. The summed E-state index contributed by atoms with van der Waals surface area (Å²) in [6, 6.07) is 2.23. The van der Waals surface area contributed by atoms with Gasteiger partial charge in [-0.2, -0.15) is 11.8 Å². The largest absolute Gasteiger partial charge is 0.348 e. The predicted molar refractivity (Wildman–Crippen MR) is 69.8 cm³/mol. The van der Waals surface area contributed by atoms with Crippen LogP contribution >= 0.6 is 39.0 Å². The van der Waals surface area contributed by atoms with Crippen LogP contribution < -0.4 is 5.32 Å². The first-order valence-corrected chi connectivity index (χ1v) is 7.71. The Labute approximate surface area is 106 Å². The number of carbonyl (C=O) groups is 1. The average molecular weight is 306 g/mol. The minimum absolute atomic E-state index is 0.0597. The highest BCUT2D eigenvalue weighted by Gasteiger charge is 2.17. The van der Waals surface area contributed by atoms with Crippen molar-refractivity contribution >= 4 is 44.9 Å². The highest BCUT2D eigenvalue weighted by molar-refractivity contribution is 9.11. The minimum Gasteiger partial charge on any atom is -0.348 e. The van der Waals surface area contributed by atoms with Gasteiger partial charge in [0.1, 0.15) is 0 Å². The molecule has 0 saturated carbocycles. The lowest BCUT2D eigenvalue weighted by Gasteiger charge is -2.22. The summed E-state index contributed by atoms with van der Waals surface area (Å²) in [5.74, 6) is 2.34. The fourth-order valence-electron chi connectivity index (χ4n) is 1.55. The van der Waals surface area contributed by atoms with Gasteiger partial charge in [-0.1, -0.05) is 0 Å². The second kappa shape index (κ2) is 5.37. The van der Waals surface area contributed by atoms with Crippen LogP contribution in [0, 0.1) is 0 Å². The van der Waals surface area contributed by atoms with Gasteiger partial charge in [-0.3, -0.25) is 4.79 Å². The number of thiophene rings is 1. The number of hydrogen-bond acceptors (Lipinski definition) is 3. The molecule has 2 rings (SSSR count). The van der Waals surface area contributed by atoms with Gasteiger partial charge in [0.2, 0.25) is 0 Å². The predicted octanol–water partition coefficient (Wildman–Crippen LogP) is 3.14. The molecule has 0 aliphatic carbocycles. The van der Waals surface area contributed by atoms with Crippen LogP contribution in [-0.4, -0.2) is 23.5 Å². The van der Waals surface area contributed by atoms with Crippen LogP contribution in [-0.2, 0) is 0 Å². The second-order valence-electron chi connectivity index (χ2n) is 3.53. The van der Waals surface area contributed by atoms with E-state index in [4.69, 9.17) is 0 Å². The van der Waals surface area contributed by atoms with E-state index in [2.05, 4.69) is 21.2 Å².